The van der Waals surface area contributed by atoms with Crippen LogP contribution < -0.4 is 10.6 Å². The molecule has 0 amide bonds. The van der Waals surface area contributed by atoms with Crippen LogP contribution in [0.5, 0.6) is 0 Å². The number of nitrogens with two attached hydrogens (primary N) is 1. The minimum atomic E-state index is 0.170. The minimum Gasteiger partial charge on any atom is -0.366 e. The van der Waals surface area contributed by atoms with Gasteiger partial charge < -0.3 is 10.6 Å². The zero-order valence-corrected chi connectivity index (χ0v) is 14.7. The Morgan fingerprint density at radius 1 is 1.05 bits per heavy atom. The van der Waals surface area contributed by atoms with Gasteiger partial charge in [-0.2, -0.15) is 0 Å². The molecular formula is C18H23BrN2. The van der Waals surface area contributed by atoms with Crippen molar-refractivity contribution in [3.8, 4) is 0 Å². The third kappa shape index (κ3) is 3.47. The van der Waals surface area contributed by atoms with Gasteiger partial charge in [0, 0.05) is 23.8 Å². The number of aryl methyl sites for hydroxylation is 3. The van der Waals surface area contributed by atoms with E-state index in [0.29, 0.717) is 6.54 Å². The lowest BCUT2D eigenvalue weighted by Gasteiger charge is -2.31. The number of hydrogen-bond acceptors (Lipinski definition) is 2. The summed E-state index contributed by atoms with van der Waals surface area (Å²) in [6.07, 6.45) is 0. The van der Waals surface area contributed by atoms with Gasteiger partial charge in [0.1, 0.15) is 0 Å². The maximum Gasteiger partial charge on any atom is 0.0662 e. The fraction of sp³-hybridized carbons (Fsp3) is 0.333. The van der Waals surface area contributed by atoms with Gasteiger partial charge in [0.2, 0.25) is 0 Å². The van der Waals surface area contributed by atoms with Crippen molar-refractivity contribution in [3.63, 3.8) is 0 Å². The van der Waals surface area contributed by atoms with Gasteiger partial charge in [-0.15, -0.1) is 0 Å². The summed E-state index contributed by atoms with van der Waals surface area (Å²) < 4.78 is 1.13. The average Bonchev–Trinajstić information content (AvgIpc) is 2.43. The SMILES string of the molecule is Cc1ccc(N(C)C(CN)c2ccc(C)c(Br)c2)c(C)c1. The quantitative estimate of drug-likeness (QED) is 0.882. The summed E-state index contributed by atoms with van der Waals surface area (Å²) in [6, 6.07) is 13.2. The van der Waals surface area contributed by atoms with Crippen LogP contribution in [0.1, 0.15) is 28.3 Å². The molecule has 2 rings (SSSR count). The summed E-state index contributed by atoms with van der Waals surface area (Å²) in [7, 11) is 2.11. The zero-order chi connectivity index (χ0) is 15.6. The Kier molecular flexibility index (Phi) is 5.07. The molecule has 0 saturated carbocycles. The van der Waals surface area contributed by atoms with Crippen molar-refractivity contribution < 1.29 is 0 Å². The van der Waals surface area contributed by atoms with Crippen molar-refractivity contribution in [2.45, 2.75) is 26.8 Å². The second-order valence-corrected chi connectivity index (χ2v) is 6.52. The molecule has 0 aliphatic carbocycles. The molecule has 21 heavy (non-hydrogen) atoms. The van der Waals surface area contributed by atoms with Crippen LogP contribution in [-0.2, 0) is 0 Å². The number of likely N-dealkylation sites (N-methyl/N-ethyl adjacent to an activating group) is 1. The van der Waals surface area contributed by atoms with E-state index in [1.807, 2.05) is 0 Å². The highest BCUT2D eigenvalue weighted by atomic mass is 79.9. The van der Waals surface area contributed by atoms with Crippen molar-refractivity contribution in [3.05, 3.63) is 63.1 Å². The van der Waals surface area contributed by atoms with Gasteiger partial charge in [-0.05, 0) is 49.6 Å². The molecule has 0 bridgehead atoms. The first-order chi connectivity index (χ1) is 9.93. The number of benzene rings is 2. The molecular weight excluding hydrogens is 324 g/mol. The van der Waals surface area contributed by atoms with Gasteiger partial charge >= 0.3 is 0 Å². The van der Waals surface area contributed by atoms with Crippen LogP contribution in [0.25, 0.3) is 0 Å². The van der Waals surface area contributed by atoms with E-state index >= 15 is 0 Å². The van der Waals surface area contributed by atoms with Gasteiger partial charge in [-0.3, -0.25) is 0 Å². The van der Waals surface area contributed by atoms with E-state index < -0.39 is 0 Å². The third-order valence-corrected chi connectivity index (χ3v) is 4.86. The number of hydrogen-bond donors (Lipinski definition) is 1. The molecule has 1 unspecified atom stereocenters. The van der Waals surface area contributed by atoms with E-state index in [4.69, 9.17) is 5.73 Å². The van der Waals surface area contributed by atoms with Gasteiger partial charge in [-0.25, -0.2) is 0 Å². The van der Waals surface area contributed by atoms with Crippen molar-refractivity contribution in [2.24, 2.45) is 5.73 Å². The molecule has 0 spiro atoms. The van der Waals surface area contributed by atoms with Gasteiger partial charge in [0.05, 0.1) is 6.04 Å². The Balaban J connectivity index is 2.37. The van der Waals surface area contributed by atoms with Crippen LogP contribution in [-0.4, -0.2) is 13.6 Å². The predicted octanol–water partition coefficient (Wildman–Crippen LogP) is 4.51. The molecule has 0 radical (unpaired) electrons. The summed E-state index contributed by atoms with van der Waals surface area (Å²) in [5, 5.41) is 0. The standard InChI is InChI=1S/C18H23BrN2/c1-12-5-8-17(14(3)9-12)21(4)18(11-20)15-7-6-13(2)16(19)10-15/h5-10,18H,11,20H2,1-4H3. The lowest BCUT2D eigenvalue weighted by molar-refractivity contribution is 0.678. The zero-order valence-electron chi connectivity index (χ0n) is 13.2. The number of nitrogens with zero attached hydrogens (tertiary/aromatic N) is 1. The van der Waals surface area contributed by atoms with Crippen LogP contribution in [0, 0.1) is 20.8 Å². The second kappa shape index (κ2) is 6.63. The van der Waals surface area contributed by atoms with Crippen molar-refractivity contribution in [1.82, 2.24) is 0 Å². The Hall–Kier alpha value is -1.32. The Morgan fingerprint density at radius 3 is 2.33 bits per heavy atom. The maximum atomic E-state index is 6.05. The topological polar surface area (TPSA) is 29.3 Å². The Labute approximate surface area is 136 Å². The highest BCUT2D eigenvalue weighted by molar-refractivity contribution is 9.10. The molecule has 0 fully saturated rings. The molecule has 0 saturated heterocycles. The molecule has 2 nitrogen and oxygen atoms in total. The number of rotatable bonds is 4. The van der Waals surface area contributed by atoms with E-state index in [1.54, 1.807) is 0 Å². The van der Waals surface area contributed by atoms with Crippen molar-refractivity contribution in [1.29, 1.82) is 0 Å². The van der Waals surface area contributed by atoms with Crippen molar-refractivity contribution in [2.75, 3.05) is 18.5 Å². The molecule has 0 heterocycles. The third-order valence-electron chi connectivity index (χ3n) is 4.00. The fourth-order valence-corrected chi connectivity index (χ4v) is 3.10. The Bertz CT molecular complexity index is 637. The van der Waals surface area contributed by atoms with E-state index in [1.165, 1.54) is 27.9 Å². The highest BCUT2D eigenvalue weighted by Gasteiger charge is 2.18. The van der Waals surface area contributed by atoms with Crippen LogP contribution in [0.3, 0.4) is 0 Å². The number of halogens is 1. The van der Waals surface area contributed by atoms with E-state index in [-0.39, 0.29) is 6.04 Å². The van der Waals surface area contributed by atoms with Crippen molar-refractivity contribution >= 4 is 21.6 Å². The summed E-state index contributed by atoms with van der Waals surface area (Å²) in [5.74, 6) is 0. The largest absolute Gasteiger partial charge is 0.366 e. The monoisotopic (exact) mass is 346 g/mol. The fourth-order valence-electron chi connectivity index (χ4n) is 2.70. The molecule has 2 aromatic carbocycles. The summed E-state index contributed by atoms with van der Waals surface area (Å²) in [5.41, 5.74) is 12.3. The lowest BCUT2D eigenvalue weighted by Crippen LogP contribution is -2.31. The van der Waals surface area contributed by atoms with Gasteiger partial charge in [0.25, 0.3) is 0 Å². The van der Waals surface area contributed by atoms with Crippen LogP contribution in [0.15, 0.2) is 40.9 Å². The Morgan fingerprint density at radius 2 is 1.76 bits per heavy atom. The van der Waals surface area contributed by atoms with E-state index in [0.717, 1.165) is 4.47 Å². The van der Waals surface area contributed by atoms with E-state index in [9.17, 15) is 0 Å². The molecule has 0 aromatic heterocycles. The highest BCUT2D eigenvalue weighted by Crippen LogP contribution is 2.30. The first kappa shape index (κ1) is 16.1. The molecule has 2 aromatic rings. The minimum absolute atomic E-state index is 0.170. The average molecular weight is 347 g/mol. The van der Waals surface area contributed by atoms with E-state index in [2.05, 4.69) is 85.0 Å². The maximum absolute atomic E-state index is 6.05. The van der Waals surface area contributed by atoms with Gasteiger partial charge in [0.15, 0.2) is 0 Å². The molecule has 2 N–H and O–H groups in total. The summed E-state index contributed by atoms with van der Waals surface area (Å²) in [4.78, 5) is 2.27. The van der Waals surface area contributed by atoms with Crippen LogP contribution in [0.4, 0.5) is 5.69 Å². The van der Waals surface area contributed by atoms with Gasteiger partial charge in [-0.1, -0.05) is 45.8 Å². The normalized spacial score (nSPS) is 12.3. The molecule has 3 heteroatoms. The predicted molar refractivity (Wildman–Crippen MR) is 95.0 cm³/mol. The molecule has 1 atom stereocenters. The molecule has 0 aliphatic heterocycles. The smallest absolute Gasteiger partial charge is 0.0662 e. The molecule has 112 valence electrons. The number of anilines is 1. The first-order valence-electron chi connectivity index (χ1n) is 7.20. The van der Waals surface area contributed by atoms with Crippen LogP contribution in [0.2, 0.25) is 0 Å². The van der Waals surface area contributed by atoms with Crippen LogP contribution >= 0.6 is 15.9 Å². The first-order valence-corrected chi connectivity index (χ1v) is 7.99. The molecule has 0 aliphatic rings. The summed E-state index contributed by atoms with van der Waals surface area (Å²) >= 11 is 3.61. The summed E-state index contributed by atoms with van der Waals surface area (Å²) in [6.45, 7) is 6.95. The second-order valence-electron chi connectivity index (χ2n) is 5.66. The lowest BCUT2D eigenvalue weighted by atomic mass is 10.0.